The second-order valence-electron chi connectivity index (χ2n) is 4.40. The van der Waals surface area contributed by atoms with Gasteiger partial charge in [0.25, 0.3) is 0 Å². The van der Waals surface area contributed by atoms with Crippen LogP contribution in [0.4, 0.5) is 0 Å². The van der Waals surface area contributed by atoms with E-state index >= 15 is 0 Å². The molecular formula is C12H26ClNO4. The van der Waals surface area contributed by atoms with Crippen LogP contribution in [-0.4, -0.2) is 43.0 Å². The Hall–Kier alpha value is -0.360. The van der Waals surface area contributed by atoms with E-state index in [1.54, 1.807) is 0 Å². The standard InChI is InChI=1S/C12H25NO4.ClH/c1-3-4-7-16-9-10-17-8-5-6-12(2,13)11(14)15;/h3-10,13H2,1-2H3,(H,14,15);1H. The van der Waals surface area contributed by atoms with Crippen LogP contribution in [0.5, 0.6) is 0 Å². The van der Waals surface area contributed by atoms with E-state index in [1.165, 1.54) is 6.92 Å². The van der Waals surface area contributed by atoms with E-state index in [0.717, 1.165) is 19.4 Å². The second kappa shape index (κ2) is 11.7. The predicted molar refractivity (Wildman–Crippen MR) is 73.3 cm³/mol. The lowest BCUT2D eigenvalue weighted by Gasteiger charge is -2.18. The summed E-state index contributed by atoms with van der Waals surface area (Å²) in [4.78, 5) is 10.7. The van der Waals surface area contributed by atoms with Gasteiger partial charge in [0.05, 0.1) is 13.2 Å². The van der Waals surface area contributed by atoms with Crippen molar-refractivity contribution in [3.05, 3.63) is 0 Å². The fourth-order valence-electron chi connectivity index (χ4n) is 1.22. The molecule has 0 aromatic rings. The van der Waals surface area contributed by atoms with E-state index < -0.39 is 11.5 Å². The Morgan fingerprint density at radius 2 is 1.67 bits per heavy atom. The maximum atomic E-state index is 10.7. The van der Waals surface area contributed by atoms with Crippen LogP contribution in [0.1, 0.15) is 39.5 Å². The molecule has 0 aliphatic heterocycles. The number of carbonyl (C=O) groups is 1. The molecule has 0 saturated heterocycles. The average molecular weight is 284 g/mol. The highest BCUT2D eigenvalue weighted by atomic mass is 35.5. The van der Waals surface area contributed by atoms with E-state index in [-0.39, 0.29) is 12.4 Å². The number of halogens is 1. The lowest BCUT2D eigenvalue weighted by Crippen LogP contribution is -2.44. The van der Waals surface area contributed by atoms with Gasteiger partial charge in [0.2, 0.25) is 0 Å². The van der Waals surface area contributed by atoms with Crippen molar-refractivity contribution in [1.82, 2.24) is 0 Å². The first-order chi connectivity index (χ1) is 8.00. The third-order valence-electron chi connectivity index (χ3n) is 2.49. The van der Waals surface area contributed by atoms with Gasteiger partial charge < -0.3 is 20.3 Å². The van der Waals surface area contributed by atoms with Gasteiger partial charge in [-0.3, -0.25) is 4.79 Å². The molecule has 0 aliphatic rings. The van der Waals surface area contributed by atoms with Gasteiger partial charge in [-0.05, 0) is 26.2 Å². The van der Waals surface area contributed by atoms with E-state index in [4.69, 9.17) is 20.3 Å². The molecule has 1 atom stereocenters. The fraction of sp³-hybridized carbons (Fsp3) is 0.917. The summed E-state index contributed by atoms with van der Waals surface area (Å²) in [6, 6.07) is 0. The molecule has 0 heterocycles. The van der Waals surface area contributed by atoms with E-state index in [9.17, 15) is 4.79 Å². The van der Waals surface area contributed by atoms with E-state index in [1.807, 2.05) is 0 Å². The summed E-state index contributed by atoms with van der Waals surface area (Å²) in [5.41, 5.74) is 4.42. The topological polar surface area (TPSA) is 81.8 Å². The van der Waals surface area contributed by atoms with Gasteiger partial charge in [-0.1, -0.05) is 13.3 Å². The van der Waals surface area contributed by atoms with Crippen LogP contribution in [0.3, 0.4) is 0 Å². The zero-order chi connectivity index (χ0) is 13.1. The van der Waals surface area contributed by atoms with Crippen molar-refractivity contribution in [3.8, 4) is 0 Å². The molecule has 0 amide bonds. The number of nitrogens with two attached hydrogens (primary N) is 1. The number of carboxylic acid groups (broad SMARTS) is 1. The Balaban J connectivity index is 0. The van der Waals surface area contributed by atoms with Crippen LogP contribution in [0, 0.1) is 0 Å². The molecule has 0 rings (SSSR count). The summed E-state index contributed by atoms with van der Waals surface area (Å²) in [5.74, 6) is -0.972. The van der Waals surface area contributed by atoms with Gasteiger partial charge in [0.1, 0.15) is 5.54 Å². The largest absolute Gasteiger partial charge is 0.480 e. The van der Waals surface area contributed by atoms with Gasteiger partial charge in [0, 0.05) is 13.2 Å². The predicted octanol–water partition coefficient (Wildman–Crippen LogP) is 1.82. The molecule has 0 fully saturated rings. The third kappa shape index (κ3) is 10.8. The molecule has 5 nitrogen and oxygen atoms in total. The van der Waals surface area contributed by atoms with Crippen molar-refractivity contribution in [2.45, 2.75) is 45.1 Å². The smallest absolute Gasteiger partial charge is 0.323 e. The van der Waals surface area contributed by atoms with Crippen molar-refractivity contribution in [2.75, 3.05) is 26.4 Å². The first-order valence-corrected chi connectivity index (χ1v) is 6.18. The highest BCUT2D eigenvalue weighted by Gasteiger charge is 2.26. The molecule has 18 heavy (non-hydrogen) atoms. The van der Waals surface area contributed by atoms with E-state index in [2.05, 4.69) is 6.92 Å². The molecule has 0 saturated carbocycles. The molecule has 0 radical (unpaired) electrons. The van der Waals surface area contributed by atoms with Crippen molar-refractivity contribution in [3.63, 3.8) is 0 Å². The minimum absolute atomic E-state index is 0. The molecule has 0 spiro atoms. The minimum atomic E-state index is -1.15. The van der Waals surface area contributed by atoms with Gasteiger partial charge in [-0.2, -0.15) is 0 Å². The molecule has 0 aromatic heterocycles. The zero-order valence-electron chi connectivity index (χ0n) is 11.3. The highest BCUT2D eigenvalue weighted by molar-refractivity contribution is 5.85. The normalized spacial score (nSPS) is 13.7. The van der Waals surface area contributed by atoms with Gasteiger partial charge in [-0.15, -0.1) is 12.4 Å². The first kappa shape index (κ1) is 20.0. The molecule has 0 aliphatic carbocycles. The van der Waals surface area contributed by atoms with Crippen LogP contribution < -0.4 is 5.73 Å². The van der Waals surface area contributed by atoms with Gasteiger partial charge >= 0.3 is 5.97 Å². The van der Waals surface area contributed by atoms with Crippen molar-refractivity contribution in [1.29, 1.82) is 0 Å². The minimum Gasteiger partial charge on any atom is -0.480 e. The summed E-state index contributed by atoms with van der Waals surface area (Å²) in [5, 5.41) is 8.78. The van der Waals surface area contributed by atoms with Crippen molar-refractivity contribution >= 4 is 18.4 Å². The van der Waals surface area contributed by atoms with Crippen LogP contribution in [0.2, 0.25) is 0 Å². The number of hydrogen-bond acceptors (Lipinski definition) is 4. The maximum Gasteiger partial charge on any atom is 0.323 e. The van der Waals surface area contributed by atoms with E-state index in [0.29, 0.717) is 32.7 Å². The monoisotopic (exact) mass is 283 g/mol. The fourth-order valence-corrected chi connectivity index (χ4v) is 1.22. The summed E-state index contributed by atoms with van der Waals surface area (Å²) in [6.45, 7) is 6.09. The van der Waals surface area contributed by atoms with Crippen LogP contribution in [0.25, 0.3) is 0 Å². The van der Waals surface area contributed by atoms with Crippen LogP contribution in [0.15, 0.2) is 0 Å². The first-order valence-electron chi connectivity index (χ1n) is 6.18. The number of aliphatic carboxylic acids is 1. The lowest BCUT2D eigenvalue weighted by molar-refractivity contribution is -0.143. The molecular weight excluding hydrogens is 258 g/mol. The molecule has 110 valence electrons. The Morgan fingerprint density at radius 3 is 2.11 bits per heavy atom. The van der Waals surface area contributed by atoms with Crippen LogP contribution in [-0.2, 0) is 14.3 Å². The Kier molecular flexibility index (Phi) is 13.0. The second-order valence-corrected chi connectivity index (χ2v) is 4.40. The van der Waals surface area contributed by atoms with Crippen molar-refractivity contribution < 1.29 is 19.4 Å². The zero-order valence-corrected chi connectivity index (χ0v) is 12.1. The number of hydrogen-bond donors (Lipinski definition) is 2. The lowest BCUT2D eigenvalue weighted by atomic mass is 9.98. The number of unbranched alkanes of at least 4 members (excludes halogenated alkanes) is 1. The number of rotatable bonds is 11. The van der Waals surface area contributed by atoms with Gasteiger partial charge in [-0.25, -0.2) is 0 Å². The number of carboxylic acids is 1. The highest BCUT2D eigenvalue weighted by Crippen LogP contribution is 2.08. The van der Waals surface area contributed by atoms with Gasteiger partial charge in [0.15, 0.2) is 0 Å². The van der Waals surface area contributed by atoms with Crippen molar-refractivity contribution in [2.24, 2.45) is 5.73 Å². The summed E-state index contributed by atoms with van der Waals surface area (Å²) in [7, 11) is 0. The summed E-state index contributed by atoms with van der Waals surface area (Å²) >= 11 is 0. The Bertz CT molecular complexity index is 212. The summed E-state index contributed by atoms with van der Waals surface area (Å²) in [6.07, 6.45) is 3.27. The molecule has 1 unspecified atom stereocenters. The quantitative estimate of drug-likeness (QED) is 0.565. The Morgan fingerprint density at radius 1 is 1.17 bits per heavy atom. The maximum absolute atomic E-state index is 10.7. The average Bonchev–Trinajstić information content (AvgIpc) is 2.26. The molecule has 6 heteroatoms. The molecule has 3 N–H and O–H groups in total. The molecule has 0 bridgehead atoms. The SMILES string of the molecule is CCCCOCCOCCCC(C)(N)C(=O)O.Cl. The number of ether oxygens (including phenoxy) is 2. The third-order valence-corrected chi connectivity index (χ3v) is 2.49. The summed E-state index contributed by atoms with van der Waals surface area (Å²) < 4.78 is 10.6. The Labute approximate surface area is 115 Å². The van der Waals surface area contributed by atoms with Crippen LogP contribution >= 0.6 is 12.4 Å². The molecule has 0 aromatic carbocycles.